The molecule has 0 saturated heterocycles. The van der Waals surface area contributed by atoms with Gasteiger partial charge in [0.15, 0.2) is 0 Å². The van der Waals surface area contributed by atoms with Crippen LogP contribution in [0.3, 0.4) is 0 Å². The zero-order valence-electron chi connectivity index (χ0n) is 9.72. The fraction of sp³-hybridized carbons (Fsp3) is 0. The summed E-state index contributed by atoms with van der Waals surface area (Å²) in [7, 11) is 0. The molecule has 0 saturated carbocycles. The van der Waals surface area contributed by atoms with Crippen molar-refractivity contribution in [1.82, 2.24) is 4.98 Å². The number of nitro groups is 1. The topological polar surface area (TPSA) is 101 Å². The molecule has 0 spiro atoms. The molecule has 7 heteroatoms. The van der Waals surface area contributed by atoms with Gasteiger partial charge < -0.3 is 5.11 Å². The van der Waals surface area contributed by atoms with Gasteiger partial charge in [0.2, 0.25) is 5.75 Å². The van der Waals surface area contributed by atoms with E-state index in [1.807, 2.05) is 0 Å². The van der Waals surface area contributed by atoms with Gasteiger partial charge in [-0.3, -0.25) is 15.5 Å². The highest BCUT2D eigenvalue weighted by Gasteiger charge is 2.14. The van der Waals surface area contributed by atoms with Crippen LogP contribution in [0, 0.1) is 10.1 Å². The lowest BCUT2D eigenvalue weighted by atomic mass is 10.2. The minimum absolute atomic E-state index is 0.248. The fourth-order valence-corrected chi connectivity index (χ4v) is 1.40. The Hall–Kier alpha value is -2.96. The summed E-state index contributed by atoms with van der Waals surface area (Å²) in [6, 6.07) is 9.48. The first kappa shape index (κ1) is 12.5. The van der Waals surface area contributed by atoms with Crippen molar-refractivity contribution in [2.45, 2.75) is 0 Å². The molecule has 0 fully saturated rings. The molecule has 1 aromatic carbocycles. The molecule has 0 amide bonds. The summed E-state index contributed by atoms with van der Waals surface area (Å²) < 4.78 is 0. The average Bonchev–Trinajstić information content (AvgIpc) is 2.41. The molecule has 0 aliphatic carbocycles. The number of pyridine rings is 1. The highest BCUT2D eigenvalue weighted by atomic mass is 16.6. The Morgan fingerprint density at radius 3 is 2.84 bits per heavy atom. The Morgan fingerprint density at radius 2 is 2.16 bits per heavy atom. The van der Waals surface area contributed by atoms with Gasteiger partial charge in [0, 0.05) is 17.8 Å². The smallest absolute Gasteiger partial charge is 0.311 e. The Bertz CT molecular complexity index is 614. The molecule has 7 nitrogen and oxygen atoms in total. The van der Waals surface area contributed by atoms with Gasteiger partial charge in [-0.1, -0.05) is 12.1 Å². The van der Waals surface area contributed by atoms with Crippen LogP contribution in [0.1, 0.15) is 5.56 Å². The van der Waals surface area contributed by atoms with Gasteiger partial charge in [-0.2, -0.15) is 5.10 Å². The molecule has 96 valence electrons. The van der Waals surface area contributed by atoms with Crippen LogP contribution >= 0.6 is 0 Å². The zero-order chi connectivity index (χ0) is 13.7. The van der Waals surface area contributed by atoms with Gasteiger partial charge in [0.1, 0.15) is 5.82 Å². The van der Waals surface area contributed by atoms with E-state index in [-0.39, 0.29) is 11.3 Å². The quantitative estimate of drug-likeness (QED) is 0.497. The second-order valence-electron chi connectivity index (χ2n) is 3.56. The molecular weight excluding hydrogens is 248 g/mol. The summed E-state index contributed by atoms with van der Waals surface area (Å²) in [5, 5.41) is 24.2. The van der Waals surface area contributed by atoms with Crippen LogP contribution in [-0.2, 0) is 0 Å². The lowest BCUT2D eigenvalue weighted by molar-refractivity contribution is -0.385. The number of benzene rings is 1. The average molecular weight is 258 g/mol. The molecule has 0 bridgehead atoms. The molecular formula is C12H10N4O3. The third-order valence-corrected chi connectivity index (χ3v) is 2.29. The van der Waals surface area contributed by atoms with Crippen molar-refractivity contribution in [1.29, 1.82) is 0 Å². The maximum absolute atomic E-state index is 10.6. The van der Waals surface area contributed by atoms with Crippen LogP contribution in [0.2, 0.25) is 0 Å². The largest absolute Gasteiger partial charge is 0.502 e. The van der Waals surface area contributed by atoms with E-state index in [4.69, 9.17) is 0 Å². The van der Waals surface area contributed by atoms with E-state index in [0.717, 1.165) is 0 Å². The van der Waals surface area contributed by atoms with Crippen LogP contribution < -0.4 is 5.43 Å². The number of hydrogen-bond donors (Lipinski definition) is 2. The number of aromatic nitrogens is 1. The summed E-state index contributed by atoms with van der Waals surface area (Å²) in [6.07, 6.45) is 2.89. The number of anilines is 1. The normalized spacial score (nSPS) is 10.5. The van der Waals surface area contributed by atoms with E-state index < -0.39 is 10.7 Å². The maximum Gasteiger partial charge on any atom is 0.311 e. The predicted molar refractivity (Wildman–Crippen MR) is 70.2 cm³/mol. The van der Waals surface area contributed by atoms with E-state index in [1.54, 1.807) is 24.4 Å². The van der Waals surface area contributed by atoms with Crippen LogP contribution in [0.25, 0.3) is 0 Å². The minimum atomic E-state index is -0.654. The van der Waals surface area contributed by atoms with Gasteiger partial charge in [-0.05, 0) is 18.2 Å². The standard InChI is InChI=1S/C12H10N4O3/c17-12-9(4-3-5-10(12)16(18)19)8-14-15-11-6-1-2-7-13-11/h1-8,17H,(H,13,15)/b14-8+. The Balaban J connectivity index is 2.15. The molecule has 0 atom stereocenters. The molecule has 2 rings (SSSR count). The Kier molecular flexibility index (Phi) is 3.67. The van der Waals surface area contributed by atoms with E-state index in [0.29, 0.717) is 5.82 Å². The van der Waals surface area contributed by atoms with E-state index >= 15 is 0 Å². The molecule has 0 aliphatic heterocycles. The van der Waals surface area contributed by atoms with Crippen LogP contribution in [0.15, 0.2) is 47.7 Å². The van der Waals surface area contributed by atoms with Crippen molar-refractivity contribution in [2.24, 2.45) is 5.10 Å². The van der Waals surface area contributed by atoms with Gasteiger partial charge in [0.25, 0.3) is 0 Å². The number of rotatable bonds is 4. The van der Waals surface area contributed by atoms with Gasteiger partial charge in [0.05, 0.1) is 11.1 Å². The minimum Gasteiger partial charge on any atom is -0.502 e. The number of nitro benzene ring substituents is 1. The van der Waals surface area contributed by atoms with Gasteiger partial charge in [-0.25, -0.2) is 4.98 Å². The maximum atomic E-state index is 10.6. The van der Waals surface area contributed by atoms with Crippen molar-refractivity contribution < 1.29 is 10.0 Å². The first-order chi connectivity index (χ1) is 9.18. The van der Waals surface area contributed by atoms with Crippen molar-refractivity contribution in [3.05, 3.63) is 58.3 Å². The van der Waals surface area contributed by atoms with Crippen molar-refractivity contribution in [2.75, 3.05) is 5.43 Å². The van der Waals surface area contributed by atoms with Crippen molar-refractivity contribution >= 4 is 17.7 Å². The second-order valence-corrected chi connectivity index (χ2v) is 3.56. The predicted octanol–water partition coefficient (Wildman–Crippen LogP) is 2.14. The third-order valence-electron chi connectivity index (χ3n) is 2.29. The first-order valence-electron chi connectivity index (χ1n) is 5.35. The summed E-state index contributed by atoms with van der Waals surface area (Å²) >= 11 is 0. The first-order valence-corrected chi connectivity index (χ1v) is 5.35. The number of nitrogens with zero attached hydrogens (tertiary/aromatic N) is 3. The number of aromatic hydroxyl groups is 1. The molecule has 2 aromatic rings. The molecule has 19 heavy (non-hydrogen) atoms. The Labute approximate surface area is 108 Å². The van der Waals surface area contributed by atoms with Crippen LogP contribution in [-0.4, -0.2) is 21.2 Å². The Morgan fingerprint density at radius 1 is 1.32 bits per heavy atom. The summed E-state index contributed by atoms with van der Waals surface area (Å²) in [6.45, 7) is 0. The van der Waals surface area contributed by atoms with Gasteiger partial charge in [-0.15, -0.1) is 0 Å². The van der Waals surface area contributed by atoms with Crippen LogP contribution in [0.5, 0.6) is 5.75 Å². The highest BCUT2D eigenvalue weighted by Crippen LogP contribution is 2.27. The lowest BCUT2D eigenvalue weighted by Gasteiger charge is -2.00. The summed E-state index contributed by atoms with van der Waals surface area (Å²) in [5.41, 5.74) is 2.53. The molecule has 0 aliphatic rings. The number of phenols is 1. The highest BCUT2D eigenvalue weighted by molar-refractivity contribution is 5.85. The molecule has 0 unspecified atom stereocenters. The van der Waals surface area contributed by atoms with E-state index in [2.05, 4.69) is 15.5 Å². The van der Waals surface area contributed by atoms with E-state index in [9.17, 15) is 15.2 Å². The lowest BCUT2D eigenvalue weighted by Crippen LogP contribution is -1.95. The number of para-hydroxylation sites is 1. The summed E-state index contributed by atoms with van der Waals surface area (Å²) in [5.74, 6) is 0.114. The number of nitrogens with one attached hydrogen (secondary N) is 1. The zero-order valence-corrected chi connectivity index (χ0v) is 9.72. The molecule has 1 heterocycles. The monoisotopic (exact) mass is 258 g/mol. The van der Waals surface area contributed by atoms with Crippen molar-refractivity contribution in [3.8, 4) is 5.75 Å². The molecule has 0 radical (unpaired) electrons. The fourth-order valence-electron chi connectivity index (χ4n) is 1.40. The summed E-state index contributed by atoms with van der Waals surface area (Å²) in [4.78, 5) is 14.0. The van der Waals surface area contributed by atoms with Crippen molar-refractivity contribution in [3.63, 3.8) is 0 Å². The SMILES string of the molecule is O=[N+]([O-])c1cccc(/C=N/Nc2ccccn2)c1O. The van der Waals surface area contributed by atoms with Crippen LogP contribution in [0.4, 0.5) is 11.5 Å². The number of hydrazone groups is 1. The number of hydrogen-bond acceptors (Lipinski definition) is 6. The number of phenolic OH excluding ortho intramolecular Hbond substituents is 1. The second kappa shape index (κ2) is 5.58. The van der Waals surface area contributed by atoms with Gasteiger partial charge >= 0.3 is 5.69 Å². The molecule has 2 N–H and O–H groups in total. The molecule has 1 aromatic heterocycles. The third kappa shape index (κ3) is 3.03. The van der Waals surface area contributed by atoms with E-state index in [1.165, 1.54) is 24.4 Å².